The van der Waals surface area contributed by atoms with Crippen LogP contribution in [0.1, 0.15) is 29.8 Å². The highest BCUT2D eigenvalue weighted by molar-refractivity contribution is 5.93. The van der Waals surface area contributed by atoms with Gasteiger partial charge in [-0.3, -0.25) is 9.59 Å². The van der Waals surface area contributed by atoms with Gasteiger partial charge >= 0.3 is 0 Å². The molecule has 2 aromatic rings. The Morgan fingerprint density at radius 3 is 2.68 bits per heavy atom. The second-order valence-electron chi connectivity index (χ2n) is 8.27. The maximum atomic E-state index is 13.4. The van der Waals surface area contributed by atoms with Crippen molar-refractivity contribution < 1.29 is 33.1 Å². The van der Waals surface area contributed by atoms with Gasteiger partial charge in [0.05, 0.1) is 39.1 Å². The van der Waals surface area contributed by atoms with Crippen molar-refractivity contribution in [3.05, 3.63) is 30.0 Å². The molecule has 2 aliphatic rings. The lowest BCUT2D eigenvalue weighted by molar-refractivity contribution is -0.135. The summed E-state index contributed by atoms with van der Waals surface area (Å²) in [6.45, 7) is 3.60. The molecule has 34 heavy (non-hydrogen) atoms. The molecule has 2 fully saturated rings. The molecular weight excluding hydrogens is 442 g/mol. The number of carbonyl (C=O) groups excluding carboxylic acids is 2. The van der Waals surface area contributed by atoms with E-state index >= 15 is 0 Å². The van der Waals surface area contributed by atoms with E-state index in [0.717, 1.165) is 12.8 Å². The normalized spacial score (nSPS) is 18.1. The van der Waals surface area contributed by atoms with Crippen molar-refractivity contribution >= 4 is 11.8 Å². The molecule has 1 aromatic heterocycles. The Kier molecular flexibility index (Phi) is 8.02. The molecule has 0 spiro atoms. The van der Waals surface area contributed by atoms with Crippen LogP contribution in [0.5, 0.6) is 11.5 Å². The Labute approximate surface area is 198 Å². The van der Waals surface area contributed by atoms with Crippen molar-refractivity contribution in [3.8, 4) is 22.8 Å². The Bertz CT molecular complexity index is 981. The number of methoxy groups -OCH3 is 2. The summed E-state index contributed by atoms with van der Waals surface area (Å²) in [6, 6.07) is 6.89. The van der Waals surface area contributed by atoms with Crippen molar-refractivity contribution in [2.75, 3.05) is 60.2 Å². The fourth-order valence-electron chi connectivity index (χ4n) is 4.18. The summed E-state index contributed by atoms with van der Waals surface area (Å²) < 4.78 is 27.3. The summed E-state index contributed by atoms with van der Waals surface area (Å²) >= 11 is 0. The highest BCUT2D eigenvalue weighted by Gasteiger charge is 2.27. The summed E-state index contributed by atoms with van der Waals surface area (Å²) in [5.41, 5.74) is 0.790. The van der Waals surface area contributed by atoms with Crippen LogP contribution in [-0.2, 0) is 14.3 Å². The summed E-state index contributed by atoms with van der Waals surface area (Å²) in [4.78, 5) is 29.5. The van der Waals surface area contributed by atoms with E-state index in [4.69, 9.17) is 23.5 Å². The molecular formula is C24H31N3O7. The second kappa shape index (κ2) is 11.3. The van der Waals surface area contributed by atoms with E-state index in [1.54, 1.807) is 48.3 Å². The van der Waals surface area contributed by atoms with Gasteiger partial charge in [0.1, 0.15) is 11.5 Å². The number of hydrogen-bond acceptors (Lipinski definition) is 8. The average molecular weight is 474 g/mol. The molecule has 0 unspecified atom stereocenters. The first-order valence-corrected chi connectivity index (χ1v) is 11.5. The molecule has 1 aromatic carbocycles. The Balaban J connectivity index is 1.49. The second-order valence-corrected chi connectivity index (χ2v) is 8.27. The molecule has 2 aliphatic heterocycles. The number of ether oxygens (including phenoxy) is 4. The summed E-state index contributed by atoms with van der Waals surface area (Å²) in [6.07, 6.45) is 2.02. The lowest BCUT2D eigenvalue weighted by atomic mass is 10.1. The number of aromatic nitrogens is 1. The Morgan fingerprint density at radius 1 is 1.15 bits per heavy atom. The van der Waals surface area contributed by atoms with Gasteiger partial charge in [-0.2, -0.15) is 0 Å². The van der Waals surface area contributed by atoms with Gasteiger partial charge in [-0.05, 0) is 31.0 Å². The van der Waals surface area contributed by atoms with Gasteiger partial charge in [-0.25, -0.2) is 0 Å². The van der Waals surface area contributed by atoms with Crippen LogP contribution in [0.25, 0.3) is 11.3 Å². The minimum atomic E-state index is -0.304. The predicted octanol–water partition coefficient (Wildman–Crippen LogP) is 2.23. The number of hydrogen-bond donors (Lipinski definition) is 0. The first-order chi connectivity index (χ1) is 16.6. The molecule has 0 saturated carbocycles. The molecule has 0 bridgehead atoms. The molecule has 0 N–H and O–H groups in total. The van der Waals surface area contributed by atoms with E-state index in [-0.39, 0.29) is 36.6 Å². The van der Waals surface area contributed by atoms with Crippen LogP contribution in [0.2, 0.25) is 0 Å². The van der Waals surface area contributed by atoms with Crippen molar-refractivity contribution in [1.29, 1.82) is 0 Å². The standard InChI is InChI=1S/C24H31N3O7/c1-30-17-5-6-21(31-2)19(14-17)22-15-20(25-34-22)24(29)27(16-18-4-3-11-33-18)8-7-23(28)26-9-12-32-13-10-26/h5-6,14-15,18H,3-4,7-13,16H2,1-2H3/t18-/m0/s1. The first-order valence-electron chi connectivity index (χ1n) is 11.5. The van der Waals surface area contributed by atoms with Gasteiger partial charge in [0.15, 0.2) is 11.5 Å². The third-order valence-electron chi connectivity index (χ3n) is 6.10. The van der Waals surface area contributed by atoms with Gasteiger partial charge in [-0.15, -0.1) is 0 Å². The number of carbonyl (C=O) groups is 2. The topological polar surface area (TPSA) is 104 Å². The van der Waals surface area contributed by atoms with Gasteiger partial charge in [0.25, 0.3) is 5.91 Å². The van der Waals surface area contributed by atoms with Gasteiger partial charge in [-0.1, -0.05) is 5.16 Å². The zero-order valence-corrected chi connectivity index (χ0v) is 19.7. The SMILES string of the molecule is COc1ccc(OC)c(-c2cc(C(=O)N(CCC(=O)N3CCOCC3)C[C@@H]3CCCO3)no2)c1. The average Bonchev–Trinajstić information content (AvgIpc) is 3.58. The molecule has 10 heteroatoms. The van der Waals surface area contributed by atoms with E-state index in [2.05, 4.69) is 5.16 Å². The molecule has 2 saturated heterocycles. The van der Waals surface area contributed by atoms with E-state index in [0.29, 0.717) is 62.3 Å². The predicted molar refractivity (Wildman–Crippen MR) is 122 cm³/mol. The number of amides is 2. The summed E-state index contributed by atoms with van der Waals surface area (Å²) in [5, 5.41) is 4.02. The molecule has 184 valence electrons. The van der Waals surface area contributed by atoms with E-state index in [9.17, 15) is 9.59 Å². The fraction of sp³-hybridized carbons (Fsp3) is 0.542. The van der Waals surface area contributed by atoms with Crippen LogP contribution in [0.4, 0.5) is 0 Å². The third kappa shape index (κ3) is 5.68. The summed E-state index contributed by atoms with van der Waals surface area (Å²) in [5.74, 6) is 1.29. The first kappa shape index (κ1) is 24.0. The molecule has 2 amide bonds. The maximum absolute atomic E-state index is 13.4. The molecule has 0 radical (unpaired) electrons. The van der Waals surface area contributed by atoms with Crippen LogP contribution in [0.15, 0.2) is 28.8 Å². The monoisotopic (exact) mass is 473 g/mol. The zero-order chi connectivity index (χ0) is 23.9. The number of rotatable bonds is 9. The van der Waals surface area contributed by atoms with Crippen LogP contribution >= 0.6 is 0 Å². The van der Waals surface area contributed by atoms with Gasteiger partial charge in [0.2, 0.25) is 5.91 Å². The lowest BCUT2D eigenvalue weighted by Gasteiger charge is -2.29. The molecule has 1 atom stereocenters. The van der Waals surface area contributed by atoms with Crippen LogP contribution in [0.3, 0.4) is 0 Å². The Morgan fingerprint density at radius 2 is 1.97 bits per heavy atom. The molecule has 3 heterocycles. The largest absolute Gasteiger partial charge is 0.497 e. The summed E-state index contributed by atoms with van der Waals surface area (Å²) in [7, 11) is 3.13. The van der Waals surface area contributed by atoms with Gasteiger partial charge < -0.3 is 33.3 Å². The highest BCUT2D eigenvalue weighted by Crippen LogP contribution is 2.34. The van der Waals surface area contributed by atoms with E-state index < -0.39 is 0 Å². The Hall–Kier alpha value is -3.11. The smallest absolute Gasteiger partial charge is 0.276 e. The minimum Gasteiger partial charge on any atom is -0.497 e. The number of morpholine rings is 1. The molecule has 10 nitrogen and oxygen atoms in total. The quantitative estimate of drug-likeness (QED) is 0.546. The number of benzene rings is 1. The molecule has 4 rings (SSSR count). The van der Waals surface area contributed by atoms with E-state index in [1.165, 1.54) is 0 Å². The fourth-order valence-corrected chi connectivity index (χ4v) is 4.18. The zero-order valence-electron chi connectivity index (χ0n) is 19.7. The number of nitrogens with zero attached hydrogens (tertiary/aromatic N) is 3. The van der Waals surface area contributed by atoms with Crippen LogP contribution < -0.4 is 9.47 Å². The van der Waals surface area contributed by atoms with Crippen molar-refractivity contribution in [1.82, 2.24) is 15.0 Å². The van der Waals surface area contributed by atoms with Crippen molar-refractivity contribution in [2.45, 2.75) is 25.4 Å². The van der Waals surface area contributed by atoms with Crippen molar-refractivity contribution in [3.63, 3.8) is 0 Å². The van der Waals surface area contributed by atoms with E-state index in [1.807, 2.05) is 0 Å². The minimum absolute atomic E-state index is 0.00963. The third-order valence-corrected chi connectivity index (χ3v) is 6.10. The van der Waals surface area contributed by atoms with Crippen LogP contribution in [-0.4, -0.2) is 93.1 Å². The highest BCUT2D eigenvalue weighted by atomic mass is 16.5. The van der Waals surface area contributed by atoms with Crippen LogP contribution in [0, 0.1) is 0 Å². The lowest BCUT2D eigenvalue weighted by Crippen LogP contribution is -2.44. The molecule has 0 aliphatic carbocycles. The van der Waals surface area contributed by atoms with Crippen molar-refractivity contribution in [2.24, 2.45) is 0 Å². The maximum Gasteiger partial charge on any atom is 0.276 e. The van der Waals surface area contributed by atoms with Gasteiger partial charge in [0, 0.05) is 45.3 Å².